The fraction of sp³-hybridized carbons (Fsp3) is 0.552. The van der Waals surface area contributed by atoms with E-state index in [4.69, 9.17) is 0 Å². The number of hydrogen-bond acceptors (Lipinski definition) is 5. The maximum atomic E-state index is 14.5. The van der Waals surface area contributed by atoms with Crippen molar-refractivity contribution >= 4 is 29.6 Å². The number of halogens is 2. The Morgan fingerprint density at radius 1 is 1.15 bits per heavy atom. The summed E-state index contributed by atoms with van der Waals surface area (Å²) in [5.74, 6) is -2.41. The van der Waals surface area contributed by atoms with E-state index in [1.807, 2.05) is 50.4 Å². The van der Waals surface area contributed by atoms with Gasteiger partial charge >= 0.3 is 6.03 Å². The van der Waals surface area contributed by atoms with Crippen molar-refractivity contribution in [2.75, 3.05) is 31.6 Å². The summed E-state index contributed by atoms with van der Waals surface area (Å²) in [7, 11) is 0. The Morgan fingerprint density at radius 2 is 1.88 bits per heavy atom. The third-order valence-corrected chi connectivity index (χ3v) is 7.92. The Hall–Kier alpha value is -2.92. The molecule has 0 spiro atoms. The summed E-state index contributed by atoms with van der Waals surface area (Å²) in [5, 5.41) is 9.11. The van der Waals surface area contributed by atoms with Crippen LogP contribution in [-0.2, 0) is 16.1 Å². The lowest BCUT2D eigenvalue weighted by atomic mass is 9.88. The van der Waals surface area contributed by atoms with Gasteiger partial charge in [0, 0.05) is 31.6 Å². The average molecular weight is 578 g/mol. The van der Waals surface area contributed by atoms with E-state index in [2.05, 4.69) is 10.6 Å². The fourth-order valence-corrected chi connectivity index (χ4v) is 5.70. The first-order valence-corrected chi connectivity index (χ1v) is 15.3. The number of carbonyl (C=O) groups excluding carboxylic acids is 3. The van der Waals surface area contributed by atoms with Crippen LogP contribution in [0.5, 0.6) is 0 Å². The van der Waals surface area contributed by atoms with Crippen LogP contribution < -0.4 is 10.6 Å². The third-order valence-electron chi connectivity index (χ3n) is 7.27. The summed E-state index contributed by atoms with van der Waals surface area (Å²) in [6.07, 6.45) is 4.93. The van der Waals surface area contributed by atoms with Crippen molar-refractivity contribution in [3.63, 3.8) is 0 Å². The number of rotatable bonds is 12. The number of allylic oxidation sites excluding steroid dienone is 3. The van der Waals surface area contributed by atoms with Crippen LogP contribution in [0.2, 0.25) is 0 Å². The molecule has 1 saturated heterocycles. The van der Waals surface area contributed by atoms with Gasteiger partial charge in [-0.25, -0.2) is 23.6 Å². The van der Waals surface area contributed by atoms with Crippen molar-refractivity contribution in [2.24, 2.45) is 11.8 Å². The smallest absolute Gasteiger partial charge is 0.334 e. The second-order valence-corrected chi connectivity index (χ2v) is 11.1. The lowest BCUT2D eigenvalue weighted by Gasteiger charge is -2.51. The molecular weight excluding hydrogens is 536 g/mol. The first-order chi connectivity index (χ1) is 19.2. The summed E-state index contributed by atoms with van der Waals surface area (Å²) in [5.41, 5.74) is 0.945. The molecular formula is C29H41F2N5O3S. The number of hydrazine groups is 1. The average Bonchev–Trinajstić information content (AvgIpc) is 2.92. The van der Waals surface area contributed by atoms with Gasteiger partial charge in [-0.2, -0.15) is 11.8 Å². The number of benzene rings is 1. The standard InChI is InChI=1S/C29H41F2N5O3S/c1-5-13-34-19-27(37)35(26(6-2)36(34)29(39)33-17-21-10-8-7-9-11-21)25(12-14-40-4)28(38)32-18-23-20(3)15-22(30)16-24(23)31/h7-11,15-16,20,23,25-26H,5-6,12-14,17-19H2,1-4H3,(H,32,38)(H,33,39)/t20?,23?,25-,26-/m0/s1. The van der Waals surface area contributed by atoms with Crippen LogP contribution in [0.25, 0.3) is 0 Å². The van der Waals surface area contributed by atoms with Crippen molar-refractivity contribution in [1.82, 2.24) is 25.6 Å². The monoisotopic (exact) mass is 577 g/mol. The quantitative estimate of drug-likeness (QED) is 0.379. The number of thioether (sulfide) groups is 1. The van der Waals surface area contributed by atoms with Crippen LogP contribution in [0.1, 0.15) is 45.6 Å². The lowest BCUT2D eigenvalue weighted by Crippen LogP contribution is -2.71. The van der Waals surface area contributed by atoms with E-state index in [0.717, 1.165) is 18.1 Å². The molecule has 2 aliphatic rings. The number of nitrogens with zero attached hydrogens (tertiary/aromatic N) is 3. The molecule has 1 aromatic rings. The van der Waals surface area contributed by atoms with Gasteiger partial charge < -0.3 is 15.5 Å². The molecule has 0 bridgehead atoms. The highest BCUT2D eigenvalue weighted by Crippen LogP contribution is 2.30. The SMILES string of the molecule is CCCN1CC(=O)N([C@@H](CCSC)C(=O)NCC2C(F)=CC(F)=CC2C)[C@H](CC)N1C(=O)NCc1ccccc1. The van der Waals surface area contributed by atoms with Gasteiger partial charge in [-0.15, -0.1) is 0 Å². The van der Waals surface area contributed by atoms with Crippen LogP contribution in [-0.4, -0.2) is 76.6 Å². The second kappa shape index (κ2) is 15.2. The van der Waals surface area contributed by atoms with E-state index in [0.29, 0.717) is 31.7 Å². The lowest BCUT2D eigenvalue weighted by molar-refractivity contribution is -0.175. The minimum Gasteiger partial charge on any atom is -0.354 e. The van der Waals surface area contributed by atoms with E-state index in [9.17, 15) is 23.2 Å². The molecule has 0 saturated carbocycles. The predicted octanol–water partition coefficient (Wildman–Crippen LogP) is 4.61. The minimum absolute atomic E-state index is 0.0239. The molecule has 4 amide bonds. The zero-order chi connectivity index (χ0) is 29.2. The molecule has 0 aromatic heterocycles. The summed E-state index contributed by atoms with van der Waals surface area (Å²) in [6.45, 7) is 6.33. The van der Waals surface area contributed by atoms with E-state index in [1.165, 1.54) is 11.0 Å². The first-order valence-electron chi connectivity index (χ1n) is 13.9. The molecule has 2 N–H and O–H groups in total. The Kier molecular flexibility index (Phi) is 12.0. The van der Waals surface area contributed by atoms with Crippen molar-refractivity contribution in [1.29, 1.82) is 0 Å². The molecule has 0 radical (unpaired) electrons. The minimum atomic E-state index is -0.851. The van der Waals surface area contributed by atoms with Gasteiger partial charge in [-0.1, -0.05) is 51.1 Å². The van der Waals surface area contributed by atoms with Gasteiger partial charge in [0.25, 0.3) is 0 Å². The van der Waals surface area contributed by atoms with Crippen LogP contribution in [0.15, 0.2) is 54.1 Å². The van der Waals surface area contributed by atoms with Gasteiger partial charge in [0.2, 0.25) is 11.8 Å². The van der Waals surface area contributed by atoms with Crippen molar-refractivity contribution in [3.05, 3.63) is 59.7 Å². The number of amides is 4. The molecule has 1 aromatic carbocycles. The van der Waals surface area contributed by atoms with Crippen LogP contribution in [0, 0.1) is 11.8 Å². The third kappa shape index (κ3) is 7.84. The molecule has 4 atom stereocenters. The molecule has 1 aliphatic carbocycles. The first kappa shape index (κ1) is 31.6. The highest BCUT2D eigenvalue weighted by Gasteiger charge is 2.45. The normalized spacial score (nSPS) is 22.4. The summed E-state index contributed by atoms with van der Waals surface area (Å²) >= 11 is 1.55. The van der Waals surface area contributed by atoms with E-state index >= 15 is 0 Å². The van der Waals surface area contributed by atoms with Gasteiger partial charge in [-0.05, 0) is 48.8 Å². The number of nitrogens with one attached hydrogen (secondary N) is 2. The molecule has 8 nitrogen and oxygen atoms in total. The highest BCUT2D eigenvalue weighted by molar-refractivity contribution is 7.98. The topological polar surface area (TPSA) is 85.0 Å². The molecule has 11 heteroatoms. The predicted molar refractivity (Wildman–Crippen MR) is 154 cm³/mol. The summed E-state index contributed by atoms with van der Waals surface area (Å²) < 4.78 is 28.1. The maximum Gasteiger partial charge on any atom is 0.334 e. The Balaban J connectivity index is 1.83. The molecule has 1 fully saturated rings. The Morgan fingerprint density at radius 3 is 2.50 bits per heavy atom. The molecule has 1 heterocycles. The zero-order valence-corrected chi connectivity index (χ0v) is 24.6. The molecule has 2 unspecified atom stereocenters. The maximum absolute atomic E-state index is 14.5. The van der Waals surface area contributed by atoms with Crippen LogP contribution in [0.3, 0.4) is 0 Å². The van der Waals surface area contributed by atoms with E-state index < -0.39 is 41.6 Å². The largest absolute Gasteiger partial charge is 0.354 e. The molecule has 3 rings (SSSR count). The van der Waals surface area contributed by atoms with Gasteiger partial charge in [0.15, 0.2) is 0 Å². The Labute approximate surface area is 240 Å². The Bertz CT molecular complexity index is 1090. The fourth-order valence-electron chi connectivity index (χ4n) is 5.24. The van der Waals surface area contributed by atoms with Gasteiger partial charge in [0.05, 0.1) is 6.54 Å². The number of carbonyl (C=O) groups is 3. The molecule has 1 aliphatic heterocycles. The van der Waals surface area contributed by atoms with Crippen LogP contribution in [0.4, 0.5) is 13.6 Å². The second-order valence-electron chi connectivity index (χ2n) is 10.2. The highest BCUT2D eigenvalue weighted by atomic mass is 32.2. The van der Waals surface area contributed by atoms with Gasteiger partial charge in [-0.3, -0.25) is 9.59 Å². The van der Waals surface area contributed by atoms with E-state index in [1.54, 1.807) is 28.7 Å². The summed E-state index contributed by atoms with van der Waals surface area (Å²) in [6, 6.07) is 8.36. The van der Waals surface area contributed by atoms with Crippen molar-refractivity contribution in [3.8, 4) is 0 Å². The number of hydrogen-bond donors (Lipinski definition) is 2. The van der Waals surface area contributed by atoms with E-state index in [-0.39, 0.29) is 25.0 Å². The number of urea groups is 1. The van der Waals surface area contributed by atoms with Crippen LogP contribution >= 0.6 is 11.8 Å². The van der Waals surface area contributed by atoms with Crippen molar-refractivity contribution in [2.45, 2.75) is 58.8 Å². The summed E-state index contributed by atoms with van der Waals surface area (Å²) in [4.78, 5) is 42.2. The molecule has 220 valence electrons. The van der Waals surface area contributed by atoms with Crippen molar-refractivity contribution < 1.29 is 23.2 Å². The molecule has 40 heavy (non-hydrogen) atoms. The zero-order valence-electron chi connectivity index (χ0n) is 23.7. The van der Waals surface area contributed by atoms with Gasteiger partial charge in [0.1, 0.15) is 23.9 Å².